The van der Waals surface area contributed by atoms with E-state index in [0.29, 0.717) is 5.82 Å². The molecule has 0 saturated heterocycles. The van der Waals surface area contributed by atoms with Gasteiger partial charge in [-0.3, -0.25) is 10.1 Å². The summed E-state index contributed by atoms with van der Waals surface area (Å²) in [4.78, 5) is 14.3. The van der Waals surface area contributed by atoms with Crippen LogP contribution in [-0.4, -0.2) is 17.0 Å². The Hall–Kier alpha value is -2.41. The molecule has 0 aliphatic rings. The Morgan fingerprint density at radius 1 is 1.35 bits per heavy atom. The molecule has 0 fully saturated rings. The summed E-state index contributed by atoms with van der Waals surface area (Å²) >= 11 is 5.66. The van der Waals surface area contributed by atoms with Crippen molar-refractivity contribution in [1.29, 1.82) is 0 Å². The molecule has 1 aromatic carbocycles. The minimum Gasteiger partial charge on any atom is -0.373 e. The molecule has 0 saturated carbocycles. The Balaban J connectivity index is 2.40. The molecule has 0 atom stereocenters. The van der Waals surface area contributed by atoms with Gasteiger partial charge in [0.25, 0.3) is 5.69 Å². The Labute approximate surface area is 118 Å². The zero-order chi connectivity index (χ0) is 14.7. The minimum atomic E-state index is -0.645. The highest BCUT2D eigenvalue weighted by molar-refractivity contribution is 6.31. The number of benzene rings is 1. The predicted molar refractivity (Wildman–Crippen MR) is 75.1 cm³/mol. The normalized spacial score (nSPS) is 10.2. The molecular formula is C12H10ClFN4O2. The molecule has 1 heterocycles. The maximum atomic E-state index is 13.8. The number of halogens is 2. The molecule has 0 radical (unpaired) electrons. The zero-order valence-electron chi connectivity index (χ0n) is 10.4. The zero-order valence-corrected chi connectivity index (χ0v) is 11.1. The molecule has 1 aromatic heterocycles. The average molecular weight is 297 g/mol. The van der Waals surface area contributed by atoms with Gasteiger partial charge in [0, 0.05) is 7.05 Å². The fourth-order valence-electron chi connectivity index (χ4n) is 1.55. The fraction of sp³-hybridized carbons (Fsp3) is 0.0833. The van der Waals surface area contributed by atoms with Gasteiger partial charge in [0.15, 0.2) is 5.82 Å². The molecule has 20 heavy (non-hydrogen) atoms. The standard InChI is InChI=1S/C12H10ClFN4O2/c1-15-10-5-7(18(19)20)6-11(17-10)16-9-4-2-3-8(13)12(9)14/h2-6H,1H3,(H2,15,16,17). The summed E-state index contributed by atoms with van der Waals surface area (Å²) in [6.07, 6.45) is 0. The molecule has 2 N–H and O–H groups in total. The SMILES string of the molecule is CNc1cc([N+](=O)[O-])cc(Nc2cccc(Cl)c2F)n1. The van der Waals surface area contributed by atoms with Crippen molar-refractivity contribution in [3.63, 3.8) is 0 Å². The first-order valence-corrected chi connectivity index (χ1v) is 5.94. The van der Waals surface area contributed by atoms with Gasteiger partial charge in [0.1, 0.15) is 11.6 Å². The van der Waals surface area contributed by atoms with E-state index in [0.717, 1.165) is 0 Å². The predicted octanol–water partition coefficient (Wildman–Crippen LogP) is 3.57. The molecule has 2 rings (SSSR count). The van der Waals surface area contributed by atoms with Crippen LogP contribution in [0, 0.1) is 15.9 Å². The van der Waals surface area contributed by atoms with Crippen molar-refractivity contribution in [2.24, 2.45) is 0 Å². The van der Waals surface area contributed by atoms with Gasteiger partial charge in [-0.25, -0.2) is 9.37 Å². The number of hydrogen-bond acceptors (Lipinski definition) is 5. The first-order valence-electron chi connectivity index (χ1n) is 5.56. The number of nitro groups is 1. The van der Waals surface area contributed by atoms with Gasteiger partial charge >= 0.3 is 0 Å². The topological polar surface area (TPSA) is 80.1 Å². The second-order valence-corrected chi connectivity index (χ2v) is 4.24. The van der Waals surface area contributed by atoms with E-state index in [1.165, 1.54) is 24.3 Å². The number of nitrogens with zero attached hydrogens (tertiary/aromatic N) is 2. The van der Waals surface area contributed by atoms with Crippen LogP contribution in [0.15, 0.2) is 30.3 Å². The van der Waals surface area contributed by atoms with E-state index < -0.39 is 10.7 Å². The molecular weight excluding hydrogens is 287 g/mol. The third kappa shape index (κ3) is 2.94. The third-order valence-corrected chi connectivity index (χ3v) is 2.78. The van der Waals surface area contributed by atoms with Crippen LogP contribution in [0.25, 0.3) is 0 Å². The largest absolute Gasteiger partial charge is 0.373 e. The molecule has 0 bridgehead atoms. The first kappa shape index (κ1) is 14.0. The molecule has 2 aromatic rings. The van der Waals surface area contributed by atoms with Crippen molar-refractivity contribution >= 4 is 34.6 Å². The van der Waals surface area contributed by atoms with Crippen molar-refractivity contribution in [3.8, 4) is 0 Å². The molecule has 0 aliphatic heterocycles. The van der Waals surface area contributed by atoms with E-state index in [4.69, 9.17) is 11.6 Å². The van der Waals surface area contributed by atoms with Crippen molar-refractivity contribution in [3.05, 3.63) is 51.3 Å². The quantitative estimate of drug-likeness (QED) is 0.666. The van der Waals surface area contributed by atoms with Crippen LogP contribution in [0.2, 0.25) is 5.02 Å². The Morgan fingerprint density at radius 3 is 2.70 bits per heavy atom. The molecule has 0 unspecified atom stereocenters. The van der Waals surface area contributed by atoms with Gasteiger partial charge in [0.2, 0.25) is 0 Å². The minimum absolute atomic E-state index is 0.0470. The Morgan fingerprint density at radius 2 is 2.05 bits per heavy atom. The molecule has 0 aliphatic carbocycles. The highest BCUT2D eigenvalue weighted by Crippen LogP contribution is 2.27. The van der Waals surface area contributed by atoms with E-state index in [1.807, 2.05) is 0 Å². The second kappa shape index (κ2) is 5.70. The van der Waals surface area contributed by atoms with Gasteiger partial charge in [0.05, 0.1) is 27.8 Å². The number of anilines is 3. The van der Waals surface area contributed by atoms with Crippen LogP contribution in [-0.2, 0) is 0 Å². The summed E-state index contributed by atoms with van der Waals surface area (Å²) in [5.41, 5.74) is -0.0677. The molecule has 104 valence electrons. The molecule has 8 heteroatoms. The first-order chi connectivity index (χ1) is 9.51. The maximum Gasteiger partial charge on any atom is 0.276 e. The van der Waals surface area contributed by atoms with Crippen molar-refractivity contribution in [2.75, 3.05) is 17.7 Å². The summed E-state index contributed by atoms with van der Waals surface area (Å²) in [7, 11) is 1.58. The number of pyridine rings is 1. The van der Waals surface area contributed by atoms with Crippen molar-refractivity contribution in [2.45, 2.75) is 0 Å². The van der Waals surface area contributed by atoms with Crippen molar-refractivity contribution < 1.29 is 9.31 Å². The monoisotopic (exact) mass is 296 g/mol. The summed E-state index contributed by atoms with van der Waals surface area (Å²) < 4.78 is 13.8. The van der Waals surface area contributed by atoms with Crippen LogP contribution in [0.3, 0.4) is 0 Å². The van der Waals surface area contributed by atoms with Gasteiger partial charge in [-0.15, -0.1) is 0 Å². The van der Waals surface area contributed by atoms with Gasteiger partial charge < -0.3 is 10.6 Å². The van der Waals surface area contributed by atoms with E-state index >= 15 is 0 Å². The van der Waals surface area contributed by atoms with Crippen LogP contribution in [0.4, 0.5) is 27.4 Å². The highest BCUT2D eigenvalue weighted by Gasteiger charge is 2.13. The fourth-order valence-corrected chi connectivity index (χ4v) is 1.73. The smallest absolute Gasteiger partial charge is 0.276 e. The van der Waals surface area contributed by atoms with E-state index in [2.05, 4.69) is 15.6 Å². The number of nitrogens with one attached hydrogen (secondary N) is 2. The lowest BCUT2D eigenvalue weighted by Crippen LogP contribution is -2.01. The summed E-state index contributed by atoms with van der Waals surface area (Å²) in [6, 6.07) is 6.91. The second-order valence-electron chi connectivity index (χ2n) is 3.83. The van der Waals surface area contributed by atoms with Crippen molar-refractivity contribution in [1.82, 2.24) is 4.98 Å². The molecule has 0 spiro atoms. The van der Waals surface area contributed by atoms with E-state index in [1.54, 1.807) is 13.1 Å². The van der Waals surface area contributed by atoms with Crippen LogP contribution in [0.1, 0.15) is 0 Å². The van der Waals surface area contributed by atoms with Gasteiger partial charge in [-0.05, 0) is 12.1 Å². The lowest BCUT2D eigenvalue weighted by Gasteiger charge is -2.09. The molecule has 6 nitrogen and oxygen atoms in total. The summed E-state index contributed by atoms with van der Waals surface area (Å²) in [5, 5.41) is 16.1. The number of aromatic nitrogens is 1. The van der Waals surface area contributed by atoms with Crippen LogP contribution < -0.4 is 10.6 Å². The Kier molecular flexibility index (Phi) is 3.99. The summed E-state index contributed by atoms with van der Waals surface area (Å²) in [5.74, 6) is -0.206. The molecule has 0 amide bonds. The van der Waals surface area contributed by atoms with Crippen LogP contribution in [0.5, 0.6) is 0 Å². The lowest BCUT2D eigenvalue weighted by atomic mass is 10.3. The average Bonchev–Trinajstić information content (AvgIpc) is 2.43. The van der Waals surface area contributed by atoms with Gasteiger partial charge in [-0.1, -0.05) is 17.7 Å². The lowest BCUT2D eigenvalue weighted by molar-refractivity contribution is -0.384. The van der Waals surface area contributed by atoms with E-state index in [9.17, 15) is 14.5 Å². The van der Waals surface area contributed by atoms with Gasteiger partial charge in [-0.2, -0.15) is 0 Å². The third-order valence-electron chi connectivity index (χ3n) is 2.49. The Bertz CT molecular complexity index is 666. The van der Waals surface area contributed by atoms with E-state index in [-0.39, 0.29) is 22.2 Å². The van der Waals surface area contributed by atoms with Crippen LogP contribution >= 0.6 is 11.6 Å². The number of hydrogen-bond donors (Lipinski definition) is 2. The highest BCUT2D eigenvalue weighted by atomic mass is 35.5. The number of rotatable bonds is 4. The summed E-state index contributed by atoms with van der Waals surface area (Å²) in [6.45, 7) is 0. The maximum absolute atomic E-state index is 13.8.